The van der Waals surface area contributed by atoms with Crippen molar-refractivity contribution in [1.82, 2.24) is 10.2 Å². The number of nitrogens with one attached hydrogen (secondary N) is 1. The van der Waals surface area contributed by atoms with Crippen molar-refractivity contribution in [3.63, 3.8) is 0 Å². The zero-order chi connectivity index (χ0) is 12.3. The number of carbonyl (C=O) groups is 1. The van der Waals surface area contributed by atoms with Crippen molar-refractivity contribution in [2.75, 3.05) is 13.6 Å². The van der Waals surface area contributed by atoms with E-state index in [1.54, 1.807) is 0 Å². The van der Waals surface area contributed by atoms with Crippen LogP contribution in [0.25, 0.3) is 0 Å². The molecule has 94 valence electrons. The monoisotopic (exact) mass is 228 g/mol. The van der Waals surface area contributed by atoms with Gasteiger partial charge in [0.05, 0.1) is 6.04 Å². The van der Waals surface area contributed by atoms with E-state index in [2.05, 4.69) is 12.2 Å². The molecule has 1 heterocycles. The maximum atomic E-state index is 12.0. The number of likely N-dealkylation sites (tertiary alicyclic amines) is 1. The van der Waals surface area contributed by atoms with Gasteiger partial charge in [-0.3, -0.25) is 0 Å². The van der Waals surface area contributed by atoms with Crippen LogP contribution in [-0.2, 0) is 4.74 Å². The molecule has 4 heteroatoms. The van der Waals surface area contributed by atoms with E-state index in [-0.39, 0.29) is 12.1 Å². The maximum absolute atomic E-state index is 12.0. The van der Waals surface area contributed by atoms with E-state index in [9.17, 15) is 4.79 Å². The second-order valence-electron chi connectivity index (χ2n) is 5.46. The topological polar surface area (TPSA) is 41.6 Å². The van der Waals surface area contributed by atoms with Crippen LogP contribution in [0.2, 0.25) is 0 Å². The summed E-state index contributed by atoms with van der Waals surface area (Å²) in [6.07, 6.45) is 1.94. The van der Waals surface area contributed by atoms with Crippen LogP contribution in [0.1, 0.15) is 40.5 Å². The van der Waals surface area contributed by atoms with Gasteiger partial charge in [0.2, 0.25) is 0 Å². The summed E-state index contributed by atoms with van der Waals surface area (Å²) in [4.78, 5) is 13.8. The van der Waals surface area contributed by atoms with Crippen molar-refractivity contribution < 1.29 is 9.53 Å². The molecule has 0 aromatic heterocycles. The molecular formula is C12H24N2O2. The highest BCUT2D eigenvalue weighted by molar-refractivity contribution is 5.69. The number of hydrogen-bond acceptors (Lipinski definition) is 3. The van der Waals surface area contributed by atoms with Crippen molar-refractivity contribution in [2.45, 2.75) is 58.2 Å². The summed E-state index contributed by atoms with van der Waals surface area (Å²) in [5, 5.41) is 3.21. The fraction of sp³-hybridized carbons (Fsp3) is 0.917. The molecular weight excluding hydrogens is 204 g/mol. The summed E-state index contributed by atoms with van der Waals surface area (Å²) in [7, 11) is 1.93. The lowest BCUT2D eigenvalue weighted by atomic mass is 10.1. The number of hydrogen-bond donors (Lipinski definition) is 1. The molecule has 1 fully saturated rings. The van der Waals surface area contributed by atoms with Crippen molar-refractivity contribution in [3.05, 3.63) is 0 Å². The number of carbonyl (C=O) groups excluding carboxylic acids is 1. The SMILES string of the molecule is CNC(C)C1CCCN1C(=O)OC(C)(C)C. The van der Waals surface area contributed by atoms with E-state index in [1.165, 1.54) is 0 Å². The first-order valence-corrected chi connectivity index (χ1v) is 6.02. The smallest absolute Gasteiger partial charge is 0.410 e. The average Bonchev–Trinajstić information content (AvgIpc) is 2.62. The Labute approximate surface area is 98.3 Å². The molecule has 0 aromatic carbocycles. The van der Waals surface area contributed by atoms with Crippen LogP contribution >= 0.6 is 0 Å². The van der Waals surface area contributed by atoms with Gasteiger partial charge in [-0.15, -0.1) is 0 Å². The zero-order valence-electron chi connectivity index (χ0n) is 11.0. The van der Waals surface area contributed by atoms with Gasteiger partial charge in [0.15, 0.2) is 0 Å². The number of likely N-dealkylation sites (N-methyl/N-ethyl adjacent to an activating group) is 1. The number of rotatable bonds is 2. The quantitative estimate of drug-likeness (QED) is 0.786. The van der Waals surface area contributed by atoms with Crippen LogP contribution < -0.4 is 5.32 Å². The van der Waals surface area contributed by atoms with Gasteiger partial charge in [-0.05, 0) is 47.6 Å². The molecule has 1 N–H and O–H groups in total. The van der Waals surface area contributed by atoms with E-state index in [1.807, 2.05) is 32.7 Å². The Kier molecular flexibility index (Phi) is 4.19. The second-order valence-corrected chi connectivity index (χ2v) is 5.46. The first-order chi connectivity index (χ1) is 7.35. The third-order valence-corrected chi connectivity index (χ3v) is 2.96. The molecule has 0 aromatic rings. The molecule has 1 saturated heterocycles. The summed E-state index contributed by atoms with van der Waals surface area (Å²) < 4.78 is 5.41. The first-order valence-electron chi connectivity index (χ1n) is 6.02. The highest BCUT2D eigenvalue weighted by Gasteiger charge is 2.34. The van der Waals surface area contributed by atoms with E-state index in [4.69, 9.17) is 4.74 Å². The predicted octanol–water partition coefficient (Wildman–Crippen LogP) is 1.99. The highest BCUT2D eigenvalue weighted by atomic mass is 16.6. The van der Waals surface area contributed by atoms with Crippen molar-refractivity contribution in [3.8, 4) is 0 Å². The first kappa shape index (κ1) is 13.3. The van der Waals surface area contributed by atoms with Gasteiger partial charge in [-0.25, -0.2) is 4.79 Å². The molecule has 2 atom stereocenters. The van der Waals surface area contributed by atoms with Gasteiger partial charge in [-0.1, -0.05) is 0 Å². The van der Waals surface area contributed by atoms with Gasteiger partial charge in [0, 0.05) is 12.6 Å². The van der Waals surface area contributed by atoms with E-state index >= 15 is 0 Å². The molecule has 0 radical (unpaired) electrons. The molecule has 1 aliphatic rings. The van der Waals surface area contributed by atoms with Crippen molar-refractivity contribution in [2.24, 2.45) is 0 Å². The number of amides is 1. The fourth-order valence-electron chi connectivity index (χ4n) is 2.05. The van der Waals surface area contributed by atoms with E-state index in [0.717, 1.165) is 19.4 Å². The van der Waals surface area contributed by atoms with Gasteiger partial charge in [-0.2, -0.15) is 0 Å². The average molecular weight is 228 g/mol. The van der Waals surface area contributed by atoms with Crippen molar-refractivity contribution in [1.29, 1.82) is 0 Å². The van der Waals surface area contributed by atoms with Crippen LogP contribution in [0, 0.1) is 0 Å². The Hall–Kier alpha value is -0.770. The van der Waals surface area contributed by atoms with Crippen LogP contribution in [0.5, 0.6) is 0 Å². The zero-order valence-corrected chi connectivity index (χ0v) is 11.0. The van der Waals surface area contributed by atoms with Crippen LogP contribution in [0.3, 0.4) is 0 Å². The Bertz CT molecular complexity index is 248. The lowest BCUT2D eigenvalue weighted by Crippen LogP contribution is -2.48. The molecule has 0 spiro atoms. The standard InChI is InChI=1S/C12H24N2O2/c1-9(13-5)10-7-6-8-14(10)11(15)16-12(2,3)4/h9-10,13H,6-8H2,1-5H3. The third-order valence-electron chi connectivity index (χ3n) is 2.96. The minimum absolute atomic E-state index is 0.183. The second kappa shape index (κ2) is 5.04. The molecule has 1 aliphatic heterocycles. The van der Waals surface area contributed by atoms with Crippen LogP contribution in [0.15, 0.2) is 0 Å². The molecule has 0 bridgehead atoms. The van der Waals surface area contributed by atoms with E-state index < -0.39 is 5.60 Å². The summed E-state index contributed by atoms with van der Waals surface area (Å²) in [5.74, 6) is 0. The summed E-state index contributed by atoms with van der Waals surface area (Å²) >= 11 is 0. The Morgan fingerprint density at radius 2 is 2.12 bits per heavy atom. The van der Waals surface area contributed by atoms with Gasteiger partial charge in [0.25, 0.3) is 0 Å². The Balaban J connectivity index is 2.61. The fourth-order valence-corrected chi connectivity index (χ4v) is 2.05. The summed E-state index contributed by atoms with van der Waals surface area (Å²) in [6, 6.07) is 0.579. The summed E-state index contributed by atoms with van der Waals surface area (Å²) in [5.41, 5.74) is -0.410. The summed E-state index contributed by atoms with van der Waals surface area (Å²) in [6.45, 7) is 8.62. The lowest BCUT2D eigenvalue weighted by Gasteiger charge is -2.31. The van der Waals surface area contributed by atoms with Crippen LogP contribution in [-0.4, -0.2) is 42.3 Å². The van der Waals surface area contributed by atoms with Crippen LogP contribution in [0.4, 0.5) is 4.79 Å². The Morgan fingerprint density at radius 3 is 2.62 bits per heavy atom. The van der Waals surface area contributed by atoms with Gasteiger partial charge in [0.1, 0.15) is 5.60 Å². The largest absolute Gasteiger partial charge is 0.444 e. The normalized spacial score (nSPS) is 23.3. The lowest BCUT2D eigenvalue weighted by molar-refractivity contribution is 0.0203. The number of nitrogens with zero attached hydrogens (tertiary/aromatic N) is 1. The predicted molar refractivity (Wildman–Crippen MR) is 64.5 cm³/mol. The molecule has 4 nitrogen and oxygen atoms in total. The number of ether oxygens (including phenoxy) is 1. The van der Waals surface area contributed by atoms with Gasteiger partial charge < -0.3 is 15.0 Å². The molecule has 2 unspecified atom stereocenters. The Morgan fingerprint density at radius 1 is 1.50 bits per heavy atom. The third kappa shape index (κ3) is 3.37. The molecule has 16 heavy (non-hydrogen) atoms. The molecule has 0 saturated carbocycles. The minimum atomic E-state index is -0.410. The molecule has 1 rings (SSSR count). The highest BCUT2D eigenvalue weighted by Crippen LogP contribution is 2.22. The van der Waals surface area contributed by atoms with Gasteiger partial charge >= 0.3 is 6.09 Å². The van der Waals surface area contributed by atoms with Crippen molar-refractivity contribution >= 4 is 6.09 Å². The van der Waals surface area contributed by atoms with E-state index in [0.29, 0.717) is 6.04 Å². The minimum Gasteiger partial charge on any atom is -0.444 e. The maximum Gasteiger partial charge on any atom is 0.410 e. The molecule has 0 aliphatic carbocycles. The molecule has 1 amide bonds.